The molecule has 0 spiro atoms. The largest absolute Gasteiger partial charge is 0.319 e. The van der Waals surface area contributed by atoms with Crippen LogP contribution in [-0.2, 0) is 13.6 Å². The van der Waals surface area contributed by atoms with Gasteiger partial charge in [-0.25, -0.2) is 9.67 Å². The fraction of sp³-hybridized carbons (Fsp3) is 0.333. The first-order chi connectivity index (χ1) is 12.0. The summed E-state index contributed by atoms with van der Waals surface area (Å²) in [7, 11) is 1.86. The summed E-state index contributed by atoms with van der Waals surface area (Å²) >= 11 is 0. The van der Waals surface area contributed by atoms with Crippen molar-refractivity contribution in [2.45, 2.75) is 33.7 Å². The van der Waals surface area contributed by atoms with E-state index in [2.05, 4.69) is 27.4 Å². The number of aryl methyl sites for hydroxylation is 3. The van der Waals surface area contributed by atoms with E-state index in [0.29, 0.717) is 5.56 Å². The fourth-order valence-corrected chi connectivity index (χ4v) is 2.80. The molecule has 130 valence electrons. The third-order valence-electron chi connectivity index (χ3n) is 4.18. The van der Waals surface area contributed by atoms with E-state index in [9.17, 15) is 4.79 Å². The number of rotatable bonds is 5. The van der Waals surface area contributed by atoms with Crippen LogP contribution < -0.4 is 5.32 Å². The molecule has 0 fully saturated rings. The zero-order valence-electron chi connectivity index (χ0n) is 14.9. The summed E-state index contributed by atoms with van der Waals surface area (Å²) in [6, 6.07) is 7.43. The van der Waals surface area contributed by atoms with Crippen molar-refractivity contribution in [1.82, 2.24) is 24.5 Å². The number of carbonyl (C=O) groups is 1. The summed E-state index contributed by atoms with van der Waals surface area (Å²) in [6.45, 7) is 6.69. The maximum Gasteiger partial charge on any atom is 0.255 e. The molecule has 0 saturated carbocycles. The second kappa shape index (κ2) is 6.88. The Morgan fingerprint density at radius 2 is 2.08 bits per heavy atom. The van der Waals surface area contributed by atoms with Crippen LogP contribution in [-0.4, -0.2) is 30.5 Å². The van der Waals surface area contributed by atoms with Gasteiger partial charge >= 0.3 is 0 Å². The van der Waals surface area contributed by atoms with Gasteiger partial charge in [0.1, 0.15) is 6.33 Å². The summed E-state index contributed by atoms with van der Waals surface area (Å²) in [5.41, 5.74) is 3.92. The van der Waals surface area contributed by atoms with Crippen molar-refractivity contribution >= 4 is 11.6 Å². The fourth-order valence-electron chi connectivity index (χ4n) is 2.80. The van der Waals surface area contributed by atoms with Crippen molar-refractivity contribution in [3.63, 3.8) is 0 Å². The number of aromatic nitrogens is 5. The van der Waals surface area contributed by atoms with Crippen LogP contribution in [0.15, 0.2) is 30.6 Å². The summed E-state index contributed by atoms with van der Waals surface area (Å²) in [6.07, 6.45) is 2.51. The number of anilines is 1. The number of carbonyl (C=O) groups excluding carboxylic acids is 1. The number of hydrogen-bond donors (Lipinski definition) is 1. The molecule has 2 aromatic heterocycles. The lowest BCUT2D eigenvalue weighted by Gasteiger charge is -2.08. The van der Waals surface area contributed by atoms with Crippen LogP contribution in [0.3, 0.4) is 0 Å². The molecule has 1 amide bonds. The first-order valence-corrected chi connectivity index (χ1v) is 8.31. The van der Waals surface area contributed by atoms with Gasteiger partial charge in [0.15, 0.2) is 5.82 Å². The topological polar surface area (TPSA) is 77.6 Å². The standard InChI is InChI=1S/C18H22N6O/c1-5-9-24-17(19-11-20-24)14-7-6-8-15(10-14)18(25)21-16-12(2)22-23(4)13(16)3/h6-8,10-11H,5,9H2,1-4H3,(H,21,25). The highest BCUT2D eigenvalue weighted by Gasteiger charge is 2.15. The second-order valence-electron chi connectivity index (χ2n) is 6.01. The highest BCUT2D eigenvalue weighted by Crippen LogP contribution is 2.22. The zero-order chi connectivity index (χ0) is 18.0. The average Bonchev–Trinajstić information content (AvgIpc) is 3.15. The van der Waals surface area contributed by atoms with Crippen LogP contribution >= 0.6 is 0 Å². The van der Waals surface area contributed by atoms with E-state index >= 15 is 0 Å². The Balaban J connectivity index is 1.88. The van der Waals surface area contributed by atoms with Crippen LogP contribution in [0.2, 0.25) is 0 Å². The number of benzene rings is 1. The molecule has 0 aliphatic heterocycles. The van der Waals surface area contributed by atoms with Gasteiger partial charge in [-0.15, -0.1) is 0 Å². The minimum absolute atomic E-state index is 0.164. The lowest BCUT2D eigenvalue weighted by atomic mass is 10.1. The highest BCUT2D eigenvalue weighted by molar-refractivity contribution is 6.05. The molecular formula is C18H22N6O. The summed E-state index contributed by atoms with van der Waals surface area (Å²) in [4.78, 5) is 17.0. The molecule has 0 atom stereocenters. The van der Waals surface area contributed by atoms with Crippen molar-refractivity contribution in [2.75, 3.05) is 5.32 Å². The minimum Gasteiger partial charge on any atom is -0.319 e. The molecule has 1 N–H and O–H groups in total. The molecule has 7 nitrogen and oxygen atoms in total. The van der Waals surface area contributed by atoms with Crippen molar-refractivity contribution in [3.8, 4) is 11.4 Å². The molecule has 0 radical (unpaired) electrons. The lowest BCUT2D eigenvalue weighted by molar-refractivity contribution is 0.102. The van der Waals surface area contributed by atoms with Gasteiger partial charge in [0.05, 0.1) is 17.1 Å². The van der Waals surface area contributed by atoms with Gasteiger partial charge in [-0.05, 0) is 32.4 Å². The minimum atomic E-state index is -0.164. The molecule has 1 aromatic carbocycles. The van der Waals surface area contributed by atoms with E-state index in [0.717, 1.165) is 41.4 Å². The third-order valence-corrected chi connectivity index (χ3v) is 4.18. The molecule has 2 heterocycles. The smallest absolute Gasteiger partial charge is 0.255 e. The average molecular weight is 338 g/mol. The number of nitrogens with one attached hydrogen (secondary N) is 1. The Labute approximate surface area is 146 Å². The van der Waals surface area contributed by atoms with Crippen LogP contribution in [0.4, 0.5) is 5.69 Å². The van der Waals surface area contributed by atoms with Crippen molar-refractivity contribution in [1.29, 1.82) is 0 Å². The molecule has 3 rings (SSSR count). The Morgan fingerprint density at radius 3 is 2.76 bits per heavy atom. The quantitative estimate of drug-likeness (QED) is 0.776. The lowest BCUT2D eigenvalue weighted by Crippen LogP contribution is -2.13. The predicted octanol–water partition coefficient (Wildman–Crippen LogP) is 2.96. The Morgan fingerprint density at radius 1 is 1.28 bits per heavy atom. The SMILES string of the molecule is CCCn1ncnc1-c1cccc(C(=O)Nc2c(C)nn(C)c2C)c1. The molecule has 0 unspecified atom stereocenters. The van der Waals surface area contributed by atoms with E-state index in [1.165, 1.54) is 0 Å². The van der Waals surface area contributed by atoms with Crippen molar-refractivity contribution < 1.29 is 4.79 Å². The van der Waals surface area contributed by atoms with Gasteiger partial charge in [-0.1, -0.05) is 19.1 Å². The van der Waals surface area contributed by atoms with Crippen LogP contribution in [0.25, 0.3) is 11.4 Å². The first kappa shape index (κ1) is 16.9. The molecule has 7 heteroatoms. The van der Waals surface area contributed by atoms with Gasteiger partial charge in [0.2, 0.25) is 0 Å². The zero-order valence-corrected chi connectivity index (χ0v) is 14.9. The number of nitrogens with zero attached hydrogens (tertiary/aromatic N) is 5. The van der Waals surface area contributed by atoms with Gasteiger partial charge in [-0.3, -0.25) is 9.48 Å². The van der Waals surface area contributed by atoms with E-state index < -0.39 is 0 Å². The summed E-state index contributed by atoms with van der Waals surface area (Å²) in [5, 5.41) is 11.5. The molecule has 0 aliphatic carbocycles. The summed E-state index contributed by atoms with van der Waals surface area (Å²) < 4.78 is 3.61. The Hall–Kier alpha value is -2.96. The van der Waals surface area contributed by atoms with E-state index in [1.54, 1.807) is 17.1 Å². The van der Waals surface area contributed by atoms with E-state index in [1.807, 2.05) is 43.8 Å². The first-order valence-electron chi connectivity index (χ1n) is 8.31. The monoisotopic (exact) mass is 338 g/mol. The van der Waals surface area contributed by atoms with Crippen molar-refractivity contribution in [2.24, 2.45) is 7.05 Å². The van der Waals surface area contributed by atoms with E-state index in [4.69, 9.17) is 0 Å². The molecule has 3 aromatic rings. The third kappa shape index (κ3) is 3.31. The Kier molecular flexibility index (Phi) is 4.65. The molecule has 0 aliphatic rings. The highest BCUT2D eigenvalue weighted by atomic mass is 16.1. The maximum absolute atomic E-state index is 12.7. The predicted molar refractivity (Wildman–Crippen MR) is 96.4 cm³/mol. The van der Waals surface area contributed by atoms with Crippen LogP contribution in [0.1, 0.15) is 35.1 Å². The number of amides is 1. The van der Waals surface area contributed by atoms with Gasteiger partial charge in [-0.2, -0.15) is 10.2 Å². The number of hydrogen-bond acceptors (Lipinski definition) is 4. The maximum atomic E-state index is 12.7. The van der Waals surface area contributed by atoms with Crippen LogP contribution in [0, 0.1) is 13.8 Å². The second-order valence-corrected chi connectivity index (χ2v) is 6.01. The molecule has 25 heavy (non-hydrogen) atoms. The van der Waals surface area contributed by atoms with Gasteiger partial charge in [0.25, 0.3) is 5.91 Å². The van der Waals surface area contributed by atoms with E-state index in [-0.39, 0.29) is 5.91 Å². The molecule has 0 bridgehead atoms. The molecule has 0 saturated heterocycles. The van der Waals surface area contributed by atoms with Gasteiger partial charge < -0.3 is 5.32 Å². The van der Waals surface area contributed by atoms with Gasteiger partial charge in [0, 0.05) is 24.7 Å². The Bertz CT molecular complexity index is 908. The molecular weight excluding hydrogens is 316 g/mol. The van der Waals surface area contributed by atoms with Crippen LogP contribution in [0.5, 0.6) is 0 Å². The summed E-state index contributed by atoms with van der Waals surface area (Å²) in [5.74, 6) is 0.604. The van der Waals surface area contributed by atoms with Crippen molar-refractivity contribution in [3.05, 3.63) is 47.5 Å². The normalized spacial score (nSPS) is 10.9.